The van der Waals surface area contributed by atoms with Crippen molar-refractivity contribution in [3.05, 3.63) is 53.6 Å². The number of benzene rings is 2. The predicted octanol–water partition coefficient (Wildman–Crippen LogP) is 2.36. The molecule has 0 radical (unpaired) electrons. The Hall–Kier alpha value is -2.54. The number of primary amides is 1. The number of carbonyl (C=O) groups excluding carboxylic acids is 1. The number of amides is 1. The minimum absolute atomic E-state index is 0.0537. The normalized spacial score (nSPS) is 11.1. The first-order valence-electron chi connectivity index (χ1n) is 7.40. The first-order valence-corrected chi connectivity index (χ1v) is 8.88. The third-order valence-corrected chi connectivity index (χ3v) is 4.88. The van der Waals surface area contributed by atoms with E-state index < -0.39 is 15.9 Å². The quantitative estimate of drug-likeness (QED) is 0.802. The molecule has 3 N–H and O–H groups in total. The fourth-order valence-electron chi connectivity index (χ4n) is 2.24. The number of rotatable bonds is 7. The lowest BCUT2D eigenvalue weighted by atomic mass is 10.2. The van der Waals surface area contributed by atoms with Crippen LogP contribution in [0.1, 0.15) is 17.5 Å². The van der Waals surface area contributed by atoms with Gasteiger partial charge in [0.15, 0.2) is 0 Å². The molecule has 0 aliphatic heterocycles. The lowest BCUT2D eigenvalue weighted by Crippen LogP contribution is -2.17. The summed E-state index contributed by atoms with van der Waals surface area (Å²) in [5, 5.41) is 0. The van der Waals surface area contributed by atoms with Gasteiger partial charge < -0.3 is 10.5 Å². The molecule has 0 saturated heterocycles. The van der Waals surface area contributed by atoms with Crippen molar-refractivity contribution in [3.8, 4) is 5.75 Å². The van der Waals surface area contributed by atoms with Crippen LogP contribution in [0.3, 0.4) is 0 Å². The van der Waals surface area contributed by atoms with Crippen molar-refractivity contribution in [2.24, 2.45) is 5.73 Å². The van der Waals surface area contributed by atoms with Crippen molar-refractivity contribution in [1.29, 1.82) is 0 Å². The van der Waals surface area contributed by atoms with E-state index in [1.165, 1.54) is 0 Å². The van der Waals surface area contributed by atoms with E-state index in [9.17, 15) is 13.2 Å². The second-order valence-corrected chi connectivity index (χ2v) is 7.09. The summed E-state index contributed by atoms with van der Waals surface area (Å²) < 4.78 is 33.2. The number of nitrogens with one attached hydrogen (secondary N) is 1. The SMILES string of the molecule is Cc1ccc(S(=O)(=O)Nc2ccccc2OCCC(N)=O)c(C)c1. The van der Waals surface area contributed by atoms with Crippen molar-refractivity contribution >= 4 is 21.6 Å². The molecule has 0 heterocycles. The Bertz CT molecular complexity index is 847. The number of hydrogen-bond donors (Lipinski definition) is 2. The zero-order valence-corrected chi connectivity index (χ0v) is 14.4. The first kappa shape index (κ1) is 17.8. The van der Waals surface area contributed by atoms with Gasteiger partial charge in [0.2, 0.25) is 5.91 Å². The standard InChI is InChI=1S/C17H20N2O4S/c1-12-7-8-16(13(2)11-12)24(21,22)19-14-5-3-4-6-15(14)23-10-9-17(18)20/h3-8,11,19H,9-10H2,1-2H3,(H2,18,20). The summed E-state index contributed by atoms with van der Waals surface area (Å²) in [5.41, 5.74) is 7.03. The Labute approximate surface area is 141 Å². The number of sulfonamides is 1. The fraction of sp³-hybridized carbons (Fsp3) is 0.235. The highest BCUT2D eigenvalue weighted by Gasteiger charge is 2.18. The molecule has 128 valence electrons. The molecule has 2 aromatic carbocycles. The molecule has 2 rings (SSSR count). The van der Waals surface area contributed by atoms with Gasteiger partial charge in [-0.05, 0) is 37.6 Å². The van der Waals surface area contributed by atoms with Gasteiger partial charge in [-0.25, -0.2) is 8.42 Å². The number of anilines is 1. The number of nitrogens with two attached hydrogens (primary N) is 1. The summed E-state index contributed by atoms with van der Waals surface area (Å²) in [7, 11) is -3.75. The highest BCUT2D eigenvalue weighted by Crippen LogP contribution is 2.27. The third-order valence-electron chi connectivity index (χ3n) is 3.36. The molecule has 0 aliphatic carbocycles. The van der Waals surface area contributed by atoms with Gasteiger partial charge in [0.1, 0.15) is 5.75 Å². The maximum Gasteiger partial charge on any atom is 0.262 e. The lowest BCUT2D eigenvalue weighted by molar-refractivity contribution is -0.118. The van der Waals surface area contributed by atoms with E-state index in [4.69, 9.17) is 10.5 Å². The van der Waals surface area contributed by atoms with Crippen molar-refractivity contribution in [2.45, 2.75) is 25.2 Å². The number of ether oxygens (including phenoxy) is 1. The Morgan fingerprint density at radius 3 is 2.54 bits per heavy atom. The van der Waals surface area contributed by atoms with Crippen LogP contribution in [0.25, 0.3) is 0 Å². The van der Waals surface area contributed by atoms with Gasteiger partial charge in [0.25, 0.3) is 10.0 Å². The molecule has 0 atom stereocenters. The van der Waals surface area contributed by atoms with Gasteiger partial charge in [0, 0.05) is 0 Å². The van der Waals surface area contributed by atoms with E-state index in [2.05, 4.69) is 4.72 Å². The monoisotopic (exact) mass is 348 g/mol. The van der Waals surface area contributed by atoms with Crippen LogP contribution in [0, 0.1) is 13.8 Å². The fourth-order valence-corrected chi connectivity index (χ4v) is 3.54. The average molecular weight is 348 g/mol. The topological polar surface area (TPSA) is 98.5 Å². The minimum atomic E-state index is -3.75. The largest absolute Gasteiger partial charge is 0.491 e. The second-order valence-electron chi connectivity index (χ2n) is 5.44. The van der Waals surface area contributed by atoms with Crippen molar-refractivity contribution in [1.82, 2.24) is 0 Å². The van der Waals surface area contributed by atoms with E-state index in [0.717, 1.165) is 5.56 Å². The molecular formula is C17H20N2O4S. The number of aryl methyl sites for hydroxylation is 2. The molecule has 2 aromatic rings. The van der Waals surface area contributed by atoms with Crippen LogP contribution in [0.5, 0.6) is 5.75 Å². The zero-order valence-electron chi connectivity index (χ0n) is 13.6. The molecule has 24 heavy (non-hydrogen) atoms. The molecular weight excluding hydrogens is 328 g/mol. The Balaban J connectivity index is 2.25. The van der Waals surface area contributed by atoms with Gasteiger partial charge in [-0.2, -0.15) is 0 Å². The number of para-hydroxylation sites is 2. The molecule has 0 saturated carbocycles. The summed E-state index contributed by atoms with van der Waals surface area (Å²) >= 11 is 0. The average Bonchev–Trinajstić information content (AvgIpc) is 2.48. The van der Waals surface area contributed by atoms with E-state index in [1.54, 1.807) is 43.3 Å². The van der Waals surface area contributed by atoms with Crippen LogP contribution in [0.2, 0.25) is 0 Å². The van der Waals surface area contributed by atoms with Crippen LogP contribution in [-0.2, 0) is 14.8 Å². The van der Waals surface area contributed by atoms with E-state index in [0.29, 0.717) is 17.0 Å². The summed E-state index contributed by atoms with van der Waals surface area (Å²) in [6.07, 6.45) is 0.0537. The van der Waals surface area contributed by atoms with Crippen molar-refractivity contribution in [3.63, 3.8) is 0 Å². The van der Waals surface area contributed by atoms with Crippen LogP contribution in [0.4, 0.5) is 5.69 Å². The summed E-state index contributed by atoms with van der Waals surface area (Å²) in [5.74, 6) is -0.143. The Kier molecular flexibility index (Phi) is 5.46. The van der Waals surface area contributed by atoms with Gasteiger partial charge in [-0.15, -0.1) is 0 Å². The van der Waals surface area contributed by atoms with Crippen LogP contribution >= 0.6 is 0 Å². The van der Waals surface area contributed by atoms with Gasteiger partial charge in [-0.1, -0.05) is 29.8 Å². The maximum atomic E-state index is 12.6. The summed E-state index contributed by atoms with van der Waals surface area (Å²) in [6, 6.07) is 11.8. The molecule has 0 aromatic heterocycles. The van der Waals surface area contributed by atoms with Crippen LogP contribution in [0.15, 0.2) is 47.4 Å². The second kappa shape index (κ2) is 7.35. The number of carbonyl (C=O) groups is 1. The first-order chi connectivity index (χ1) is 11.3. The predicted molar refractivity (Wildman–Crippen MR) is 92.5 cm³/mol. The molecule has 7 heteroatoms. The summed E-state index contributed by atoms with van der Waals surface area (Å²) in [4.78, 5) is 11.0. The molecule has 0 bridgehead atoms. The van der Waals surface area contributed by atoms with E-state index in [-0.39, 0.29) is 17.9 Å². The van der Waals surface area contributed by atoms with E-state index >= 15 is 0 Å². The lowest BCUT2D eigenvalue weighted by Gasteiger charge is -2.14. The van der Waals surface area contributed by atoms with E-state index in [1.807, 2.05) is 13.0 Å². The molecule has 6 nitrogen and oxygen atoms in total. The molecule has 0 unspecified atom stereocenters. The maximum absolute atomic E-state index is 12.6. The van der Waals surface area contributed by atoms with Gasteiger partial charge >= 0.3 is 0 Å². The smallest absolute Gasteiger partial charge is 0.262 e. The molecule has 1 amide bonds. The number of hydrogen-bond acceptors (Lipinski definition) is 4. The molecule has 0 aliphatic rings. The van der Waals surface area contributed by atoms with Crippen LogP contribution < -0.4 is 15.2 Å². The van der Waals surface area contributed by atoms with Crippen molar-refractivity contribution in [2.75, 3.05) is 11.3 Å². The third kappa shape index (κ3) is 4.48. The van der Waals surface area contributed by atoms with Gasteiger partial charge in [0.05, 0.1) is 23.6 Å². The van der Waals surface area contributed by atoms with Gasteiger partial charge in [-0.3, -0.25) is 9.52 Å². The highest BCUT2D eigenvalue weighted by atomic mass is 32.2. The van der Waals surface area contributed by atoms with Crippen molar-refractivity contribution < 1.29 is 17.9 Å². The van der Waals surface area contributed by atoms with Crippen LogP contribution in [-0.4, -0.2) is 20.9 Å². The Morgan fingerprint density at radius 2 is 1.88 bits per heavy atom. The highest BCUT2D eigenvalue weighted by molar-refractivity contribution is 7.92. The Morgan fingerprint density at radius 1 is 1.17 bits per heavy atom. The minimum Gasteiger partial charge on any atom is -0.491 e. The summed E-state index contributed by atoms with van der Waals surface area (Å²) in [6.45, 7) is 3.73. The molecule has 0 fully saturated rings. The molecule has 0 spiro atoms. The zero-order chi connectivity index (χ0) is 17.7.